The van der Waals surface area contributed by atoms with Crippen molar-refractivity contribution in [3.05, 3.63) is 102 Å². The third-order valence-electron chi connectivity index (χ3n) is 15.1. The molecule has 4 N–H and O–H groups in total. The number of amides is 6. The van der Waals surface area contributed by atoms with Crippen LogP contribution >= 0.6 is 0 Å². The van der Waals surface area contributed by atoms with Crippen molar-refractivity contribution in [1.29, 1.82) is 0 Å². The van der Waals surface area contributed by atoms with Gasteiger partial charge in [-0.25, -0.2) is 9.37 Å². The second-order valence-corrected chi connectivity index (χ2v) is 19.4. The zero-order chi connectivity index (χ0) is 50.3. The van der Waals surface area contributed by atoms with E-state index in [1.54, 1.807) is 43.6 Å². The minimum Gasteiger partial charge on any atom is -0.495 e. The largest absolute Gasteiger partial charge is 0.495 e. The van der Waals surface area contributed by atoms with Crippen LogP contribution in [0, 0.1) is 17.2 Å². The van der Waals surface area contributed by atoms with Crippen LogP contribution in [0.5, 0.6) is 17.2 Å². The highest BCUT2D eigenvalue weighted by Crippen LogP contribution is 2.48. The van der Waals surface area contributed by atoms with E-state index in [-0.39, 0.29) is 30.0 Å². The number of anilines is 4. The molecule has 4 fully saturated rings. The molecule has 1 saturated carbocycles. The number of halogens is 1. The zero-order valence-electron chi connectivity index (χ0n) is 40.4. The number of carbonyl (C=O) groups is 6. The number of carbonyl (C=O) groups excluding carboxylic acids is 6. The molecule has 6 amide bonds. The Morgan fingerprint density at radius 2 is 1.44 bits per heavy atom. The standard InChI is InChI=1S/C53H57FN10O8/c1-31(30-57-47-46-38(14-20-56-47)49(67)64(50(46)68)41-12-13-45(65)60-48(41)66)61-24-26-62(27-25-61)32(2)33-16-22-63(23-17-33)42-29-40-39(28-44(42)71-3)43(15-21-55-40)72-37-10-8-36(9-11-37)59-52(70)53(18-19-53)51(69)58-35-6-4-34(54)5-7-35/h4-11,14-15,20-21,28-29,31-33,41H,12-13,16-19,22-27,30H2,1-3H3,(H,56,57)(H,58,69)(H,59,70)(H,60,65,66)/t31-,32+,41?/m0/s1. The maximum absolute atomic E-state index is 13.6. The van der Waals surface area contributed by atoms with E-state index >= 15 is 0 Å². The second kappa shape index (κ2) is 19.9. The second-order valence-electron chi connectivity index (χ2n) is 19.4. The molecule has 1 aliphatic carbocycles. The van der Waals surface area contributed by atoms with Gasteiger partial charge in [-0.15, -0.1) is 0 Å². The molecule has 0 spiro atoms. The molecule has 4 aliphatic heterocycles. The van der Waals surface area contributed by atoms with Crippen molar-refractivity contribution in [2.45, 2.75) is 70.5 Å². The van der Waals surface area contributed by atoms with Crippen LogP contribution in [-0.4, -0.2) is 131 Å². The van der Waals surface area contributed by atoms with E-state index in [9.17, 15) is 33.2 Å². The minimum absolute atomic E-state index is 0.0552. The van der Waals surface area contributed by atoms with Gasteiger partial charge in [-0.2, -0.15) is 0 Å². The Kier molecular flexibility index (Phi) is 13.3. The van der Waals surface area contributed by atoms with Crippen LogP contribution in [0.4, 0.5) is 27.3 Å². The Morgan fingerprint density at radius 3 is 2.10 bits per heavy atom. The Morgan fingerprint density at radius 1 is 0.792 bits per heavy atom. The topological polar surface area (TPSA) is 208 Å². The summed E-state index contributed by atoms with van der Waals surface area (Å²) in [5, 5.41) is 11.9. The summed E-state index contributed by atoms with van der Waals surface area (Å²) in [6.07, 6.45) is 6.24. The van der Waals surface area contributed by atoms with E-state index in [2.05, 4.69) is 60.9 Å². The normalized spacial score (nSPS) is 20.1. The molecule has 3 aromatic carbocycles. The van der Waals surface area contributed by atoms with Gasteiger partial charge < -0.3 is 30.3 Å². The number of imide groups is 2. The van der Waals surface area contributed by atoms with E-state index in [0.717, 1.165) is 79.3 Å². The third kappa shape index (κ3) is 9.53. The Labute approximate surface area is 415 Å². The lowest BCUT2D eigenvalue weighted by atomic mass is 9.88. The van der Waals surface area contributed by atoms with Crippen LogP contribution in [0.1, 0.15) is 73.1 Å². The van der Waals surface area contributed by atoms with Crippen LogP contribution in [-0.2, 0) is 19.2 Å². The monoisotopic (exact) mass is 980 g/mol. The van der Waals surface area contributed by atoms with E-state index in [0.29, 0.717) is 60.0 Å². The van der Waals surface area contributed by atoms with Crippen molar-refractivity contribution in [3.8, 4) is 17.2 Å². The smallest absolute Gasteiger partial charge is 0.266 e. The summed E-state index contributed by atoms with van der Waals surface area (Å²) >= 11 is 0. The highest BCUT2D eigenvalue weighted by atomic mass is 19.1. The van der Waals surface area contributed by atoms with Crippen LogP contribution in [0.15, 0.2) is 85.2 Å². The number of ether oxygens (including phenoxy) is 2. The molecule has 5 aliphatic rings. The number of aromatic nitrogens is 2. The van der Waals surface area contributed by atoms with Gasteiger partial charge in [0.1, 0.15) is 40.3 Å². The molecule has 374 valence electrons. The highest BCUT2D eigenvalue weighted by molar-refractivity contribution is 6.25. The van der Waals surface area contributed by atoms with E-state index in [1.807, 2.05) is 6.07 Å². The molecule has 0 radical (unpaired) electrons. The van der Waals surface area contributed by atoms with Gasteiger partial charge in [0.25, 0.3) is 11.8 Å². The first-order chi connectivity index (χ1) is 34.8. The lowest BCUT2D eigenvalue weighted by Gasteiger charge is -2.45. The van der Waals surface area contributed by atoms with Crippen LogP contribution in [0.3, 0.4) is 0 Å². The van der Waals surface area contributed by atoms with Crippen molar-refractivity contribution in [1.82, 2.24) is 30.0 Å². The fourth-order valence-corrected chi connectivity index (χ4v) is 10.5. The predicted molar refractivity (Wildman–Crippen MR) is 267 cm³/mol. The van der Waals surface area contributed by atoms with Gasteiger partial charge in [0.05, 0.1) is 29.4 Å². The van der Waals surface area contributed by atoms with Gasteiger partial charge in [-0.3, -0.25) is 53.8 Å². The van der Waals surface area contributed by atoms with Gasteiger partial charge in [-0.05, 0) is 125 Å². The van der Waals surface area contributed by atoms with Crippen molar-refractivity contribution in [3.63, 3.8) is 0 Å². The SMILES string of the molecule is COc1cc2c(Oc3ccc(NC(=O)C4(C(=O)Nc5ccc(F)cc5)CC4)cc3)ccnc2cc1N1CCC([C@@H](C)N2CCN([C@@H](C)CNc3nccc4c3C(=O)N(C3CCC(=O)NC3=O)C4=O)CC2)CC1. The van der Waals surface area contributed by atoms with Gasteiger partial charge >= 0.3 is 0 Å². The Bertz CT molecular complexity index is 2940. The fraction of sp³-hybridized carbons (Fsp3) is 0.396. The minimum atomic E-state index is -1.18. The molecule has 3 saturated heterocycles. The number of pyridine rings is 2. The molecule has 1 unspecified atom stereocenters. The molecular formula is C53H57FN10O8. The molecule has 6 heterocycles. The molecular weight excluding hydrogens is 924 g/mol. The van der Waals surface area contributed by atoms with Gasteiger partial charge in [0.2, 0.25) is 23.6 Å². The molecule has 18 nitrogen and oxygen atoms in total. The number of methoxy groups -OCH3 is 1. The molecule has 72 heavy (non-hydrogen) atoms. The lowest BCUT2D eigenvalue weighted by Crippen LogP contribution is -2.55. The summed E-state index contributed by atoms with van der Waals surface area (Å²) in [6, 6.07) is 19.2. The van der Waals surface area contributed by atoms with Gasteiger partial charge in [0.15, 0.2) is 0 Å². The zero-order valence-corrected chi connectivity index (χ0v) is 40.4. The van der Waals surface area contributed by atoms with Crippen molar-refractivity contribution >= 4 is 69.2 Å². The summed E-state index contributed by atoms with van der Waals surface area (Å²) in [4.78, 5) is 94.9. The molecule has 5 aromatic rings. The molecule has 3 atom stereocenters. The summed E-state index contributed by atoms with van der Waals surface area (Å²) in [6.45, 7) is 10.3. The fourth-order valence-electron chi connectivity index (χ4n) is 10.5. The van der Waals surface area contributed by atoms with Crippen LogP contribution in [0.25, 0.3) is 10.9 Å². The predicted octanol–water partition coefficient (Wildman–Crippen LogP) is 6.05. The highest BCUT2D eigenvalue weighted by Gasteiger charge is 2.56. The summed E-state index contributed by atoms with van der Waals surface area (Å²) in [5.74, 6) is -0.738. The lowest BCUT2D eigenvalue weighted by molar-refractivity contribution is -0.136. The first kappa shape index (κ1) is 48.1. The average molecular weight is 981 g/mol. The summed E-state index contributed by atoms with van der Waals surface area (Å²) in [5.41, 5.74) is 1.87. The van der Waals surface area contributed by atoms with Crippen LogP contribution in [0.2, 0.25) is 0 Å². The number of fused-ring (bicyclic) bond motifs is 2. The van der Waals surface area contributed by atoms with E-state index < -0.39 is 52.7 Å². The first-order valence-electron chi connectivity index (χ1n) is 24.6. The number of benzene rings is 3. The van der Waals surface area contributed by atoms with Crippen molar-refractivity contribution in [2.24, 2.45) is 11.3 Å². The van der Waals surface area contributed by atoms with Gasteiger partial charge in [-0.1, -0.05) is 0 Å². The number of nitrogens with zero attached hydrogens (tertiary/aromatic N) is 6. The number of piperidine rings is 2. The maximum Gasteiger partial charge on any atom is 0.266 e. The molecule has 10 rings (SSSR count). The Balaban J connectivity index is 0.701. The number of hydrogen-bond acceptors (Lipinski definition) is 14. The molecule has 0 bridgehead atoms. The average Bonchev–Trinajstić information content (AvgIpc) is 4.18. The third-order valence-corrected chi connectivity index (χ3v) is 15.1. The first-order valence-corrected chi connectivity index (χ1v) is 24.6. The number of rotatable bonds is 15. The Hall–Kier alpha value is -7.51. The number of piperazine rings is 1. The van der Waals surface area contributed by atoms with E-state index in [1.165, 1.54) is 36.5 Å². The van der Waals surface area contributed by atoms with Crippen molar-refractivity contribution < 1.29 is 42.6 Å². The number of hydrogen-bond donors (Lipinski definition) is 4. The summed E-state index contributed by atoms with van der Waals surface area (Å²) in [7, 11) is 1.67. The van der Waals surface area contributed by atoms with Gasteiger partial charge in [0, 0.05) is 93.5 Å². The van der Waals surface area contributed by atoms with Crippen molar-refractivity contribution in [2.75, 3.05) is 73.8 Å². The maximum atomic E-state index is 13.6. The number of nitrogens with one attached hydrogen (secondary N) is 4. The molecule has 2 aromatic heterocycles. The molecule has 19 heteroatoms. The van der Waals surface area contributed by atoms with E-state index in [4.69, 9.17) is 14.5 Å². The quantitative estimate of drug-likeness (QED) is 0.0696. The summed E-state index contributed by atoms with van der Waals surface area (Å²) < 4.78 is 25.7. The van der Waals surface area contributed by atoms with Crippen LogP contribution < -0.4 is 35.6 Å².